The minimum absolute atomic E-state index is 0.839. The van der Waals surface area contributed by atoms with Crippen molar-refractivity contribution in [3.8, 4) is 0 Å². The lowest BCUT2D eigenvalue weighted by atomic mass is 10.0. The third-order valence-corrected chi connectivity index (χ3v) is 3.81. The Hall–Kier alpha value is -1.88. The van der Waals surface area contributed by atoms with Crippen LogP contribution < -0.4 is 10.2 Å². The Labute approximate surface area is 119 Å². The van der Waals surface area contributed by atoms with Crippen molar-refractivity contribution in [2.45, 2.75) is 19.8 Å². The van der Waals surface area contributed by atoms with Crippen molar-refractivity contribution in [2.24, 2.45) is 0 Å². The van der Waals surface area contributed by atoms with Crippen molar-refractivity contribution in [3.05, 3.63) is 41.2 Å². The van der Waals surface area contributed by atoms with Gasteiger partial charge in [0.25, 0.3) is 0 Å². The highest BCUT2D eigenvalue weighted by molar-refractivity contribution is 5.30. The highest BCUT2D eigenvalue weighted by atomic mass is 15.4. The molecule has 1 aromatic heterocycles. The van der Waals surface area contributed by atoms with Gasteiger partial charge in [-0.2, -0.15) is 4.98 Å². The standard InChI is InChI=1S/C15H21N5/c1-12-4-2-3-5-13(12)6-7-14-17-15(19-18-14)20-10-8-16-9-11-20/h2-5,16H,6-11H2,1H3,(H,17,18,19). The van der Waals surface area contributed by atoms with Gasteiger partial charge in [-0.15, -0.1) is 5.10 Å². The van der Waals surface area contributed by atoms with Crippen LogP contribution in [0.5, 0.6) is 0 Å². The van der Waals surface area contributed by atoms with Gasteiger partial charge >= 0.3 is 0 Å². The Morgan fingerprint density at radius 3 is 2.75 bits per heavy atom. The average Bonchev–Trinajstić information content (AvgIpc) is 2.96. The van der Waals surface area contributed by atoms with Gasteiger partial charge in [0.2, 0.25) is 5.95 Å². The molecule has 1 saturated heterocycles. The van der Waals surface area contributed by atoms with Crippen LogP contribution >= 0.6 is 0 Å². The summed E-state index contributed by atoms with van der Waals surface area (Å²) in [6, 6.07) is 8.51. The molecule has 2 N–H and O–H groups in total. The van der Waals surface area contributed by atoms with Crippen molar-refractivity contribution in [3.63, 3.8) is 0 Å². The Kier molecular flexibility index (Phi) is 3.97. The predicted molar refractivity (Wildman–Crippen MR) is 80.1 cm³/mol. The first-order valence-electron chi connectivity index (χ1n) is 7.24. The van der Waals surface area contributed by atoms with Gasteiger partial charge in [0.05, 0.1) is 0 Å². The van der Waals surface area contributed by atoms with Gasteiger partial charge in [0.1, 0.15) is 5.82 Å². The molecular weight excluding hydrogens is 250 g/mol. The zero-order valence-electron chi connectivity index (χ0n) is 11.9. The summed E-state index contributed by atoms with van der Waals surface area (Å²) in [6.45, 7) is 6.13. The Morgan fingerprint density at radius 2 is 1.95 bits per heavy atom. The lowest BCUT2D eigenvalue weighted by Gasteiger charge is -2.25. The van der Waals surface area contributed by atoms with E-state index in [1.165, 1.54) is 11.1 Å². The molecule has 1 fully saturated rings. The molecule has 0 aliphatic carbocycles. The van der Waals surface area contributed by atoms with Crippen molar-refractivity contribution >= 4 is 5.95 Å². The first-order valence-corrected chi connectivity index (χ1v) is 7.24. The molecule has 0 spiro atoms. The first kappa shape index (κ1) is 13.1. The SMILES string of the molecule is Cc1ccccc1CCc1nc(N2CCNCC2)n[nH]1. The smallest absolute Gasteiger partial charge is 0.244 e. The Bertz CT molecular complexity index is 557. The zero-order chi connectivity index (χ0) is 13.8. The summed E-state index contributed by atoms with van der Waals surface area (Å²) in [4.78, 5) is 6.84. The highest BCUT2D eigenvalue weighted by Crippen LogP contribution is 2.12. The van der Waals surface area contributed by atoms with Gasteiger partial charge in [0.15, 0.2) is 0 Å². The molecule has 2 heterocycles. The van der Waals surface area contributed by atoms with Gasteiger partial charge < -0.3 is 10.2 Å². The van der Waals surface area contributed by atoms with E-state index in [1.807, 2.05) is 0 Å². The second-order valence-corrected chi connectivity index (χ2v) is 5.25. The first-order chi connectivity index (χ1) is 9.83. The number of nitrogens with one attached hydrogen (secondary N) is 2. The van der Waals surface area contributed by atoms with Crippen LogP contribution in [0.2, 0.25) is 0 Å². The fraction of sp³-hybridized carbons (Fsp3) is 0.467. The normalized spacial score (nSPS) is 15.6. The number of rotatable bonds is 4. The number of hydrogen-bond acceptors (Lipinski definition) is 4. The fourth-order valence-electron chi connectivity index (χ4n) is 2.55. The van der Waals surface area contributed by atoms with Gasteiger partial charge in [-0.3, -0.25) is 5.10 Å². The van der Waals surface area contributed by atoms with Crippen molar-refractivity contribution in [1.29, 1.82) is 0 Å². The number of aromatic nitrogens is 3. The topological polar surface area (TPSA) is 56.8 Å². The van der Waals surface area contributed by atoms with Crippen LogP contribution in [0.1, 0.15) is 17.0 Å². The molecule has 106 valence electrons. The summed E-state index contributed by atoms with van der Waals surface area (Å²) in [6.07, 6.45) is 1.91. The van der Waals surface area contributed by atoms with E-state index < -0.39 is 0 Å². The highest BCUT2D eigenvalue weighted by Gasteiger charge is 2.14. The number of nitrogens with zero attached hydrogens (tertiary/aromatic N) is 3. The second kappa shape index (κ2) is 6.05. The Morgan fingerprint density at radius 1 is 1.15 bits per heavy atom. The van der Waals surface area contributed by atoms with Crippen molar-refractivity contribution in [1.82, 2.24) is 20.5 Å². The maximum atomic E-state index is 4.61. The third kappa shape index (κ3) is 2.99. The zero-order valence-corrected chi connectivity index (χ0v) is 11.9. The molecule has 3 rings (SSSR count). The van der Waals surface area contributed by atoms with E-state index in [-0.39, 0.29) is 0 Å². The van der Waals surface area contributed by atoms with Crippen molar-refractivity contribution < 1.29 is 0 Å². The summed E-state index contributed by atoms with van der Waals surface area (Å²) in [7, 11) is 0. The third-order valence-electron chi connectivity index (χ3n) is 3.81. The van der Waals surface area contributed by atoms with E-state index in [1.54, 1.807) is 0 Å². The summed E-state index contributed by atoms with van der Waals surface area (Å²) in [5.41, 5.74) is 2.72. The quantitative estimate of drug-likeness (QED) is 0.880. The number of piperazine rings is 1. The van der Waals surface area contributed by atoms with Crippen LogP contribution in [-0.4, -0.2) is 41.4 Å². The number of hydrogen-bond donors (Lipinski definition) is 2. The molecular formula is C15H21N5. The summed E-state index contributed by atoms with van der Waals surface area (Å²) in [5.74, 6) is 1.81. The molecule has 0 saturated carbocycles. The molecule has 5 heteroatoms. The molecule has 20 heavy (non-hydrogen) atoms. The van der Waals surface area contributed by atoms with Crippen molar-refractivity contribution in [2.75, 3.05) is 31.1 Å². The monoisotopic (exact) mass is 271 g/mol. The van der Waals surface area contributed by atoms with E-state index in [2.05, 4.69) is 56.6 Å². The number of benzene rings is 1. The predicted octanol–water partition coefficient (Wildman–Crippen LogP) is 1.31. The number of aromatic amines is 1. The van der Waals surface area contributed by atoms with E-state index in [0.29, 0.717) is 0 Å². The molecule has 0 amide bonds. The fourth-order valence-corrected chi connectivity index (χ4v) is 2.55. The molecule has 0 unspecified atom stereocenters. The van der Waals surface area contributed by atoms with Gasteiger partial charge in [-0.05, 0) is 24.5 Å². The van der Waals surface area contributed by atoms with Gasteiger partial charge in [0, 0.05) is 32.6 Å². The van der Waals surface area contributed by atoms with E-state index >= 15 is 0 Å². The maximum absolute atomic E-state index is 4.61. The lowest BCUT2D eigenvalue weighted by Crippen LogP contribution is -2.44. The minimum atomic E-state index is 0.839. The van der Waals surface area contributed by atoms with Crippen LogP contribution in [0.15, 0.2) is 24.3 Å². The molecule has 1 aliphatic heterocycles. The van der Waals surface area contributed by atoms with E-state index in [9.17, 15) is 0 Å². The van der Waals surface area contributed by atoms with Crippen LogP contribution in [0.3, 0.4) is 0 Å². The average molecular weight is 271 g/mol. The number of anilines is 1. The maximum Gasteiger partial charge on any atom is 0.244 e. The molecule has 0 bridgehead atoms. The van der Waals surface area contributed by atoms with Crippen LogP contribution in [-0.2, 0) is 12.8 Å². The largest absolute Gasteiger partial charge is 0.337 e. The summed E-state index contributed by atoms with van der Waals surface area (Å²) >= 11 is 0. The molecule has 2 aromatic rings. The Balaban J connectivity index is 1.61. The number of H-pyrrole nitrogens is 1. The van der Waals surface area contributed by atoms with Crippen LogP contribution in [0.4, 0.5) is 5.95 Å². The lowest BCUT2D eigenvalue weighted by molar-refractivity contribution is 0.580. The van der Waals surface area contributed by atoms with E-state index in [4.69, 9.17) is 0 Å². The molecule has 1 aromatic carbocycles. The van der Waals surface area contributed by atoms with Crippen LogP contribution in [0.25, 0.3) is 0 Å². The van der Waals surface area contributed by atoms with Gasteiger partial charge in [-0.1, -0.05) is 24.3 Å². The molecule has 5 nitrogen and oxygen atoms in total. The second-order valence-electron chi connectivity index (χ2n) is 5.25. The summed E-state index contributed by atoms with van der Waals surface area (Å²) in [5, 5.41) is 10.7. The molecule has 1 aliphatic rings. The van der Waals surface area contributed by atoms with Gasteiger partial charge in [-0.25, -0.2) is 0 Å². The van der Waals surface area contributed by atoms with Crippen LogP contribution in [0, 0.1) is 6.92 Å². The number of aryl methyl sites for hydroxylation is 3. The molecule has 0 atom stereocenters. The summed E-state index contributed by atoms with van der Waals surface area (Å²) < 4.78 is 0. The molecule has 0 radical (unpaired) electrons. The van der Waals surface area contributed by atoms with E-state index in [0.717, 1.165) is 50.8 Å². The minimum Gasteiger partial charge on any atom is -0.337 e.